The maximum atomic E-state index is 13.9. The highest BCUT2D eigenvalue weighted by Gasteiger charge is 2.35. The van der Waals surface area contributed by atoms with Crippen LogP contribution in [-0.4, -0.2) is 14.8 Å². The number of rotatable bonds is 3. The van der Waals surface area contributed by atoms with Crippen molar-refractivity contribution in [1.29, 1.82) is 0 Å². The molecule has 0 saturated heterocycles. The minimum atomic E-state index is -4.50. The zero-order valence-electron chi connectivity index (χ0n) is 16.4. The molecular weight excluding hydrogens is 375 g/mol. The molecule has 0 aliphatic rings. The number of pyridine rings is 1. The van der Waals surface area contributed by atoms with E-state index in [2.05, 4.69) is 10.1 Å². The summed E-state index contributed by atoms with van der Waals surface area (Å²) < 4.78 is 43.3. The summed E-state index contributed by atoms with van der Waals surface area (Å²) in [5, 5.41) is 4.44. The van der Waals surface area contributed by atoms with Gasteiger partial charge in [-0.3, -0.25) is 0 Å². The van der Waals surface area contributed by atoms with Gasteiger partial charge in [0, 0.05) is 5.56 Å². The predicted molar refractivity (Wildman–Crippen MR) is 108 cm³/mol. The molecule has 29 heavy (non-hydrogen) atoms. The number of benzene rings is 2. The van der Waals surface area contributed by atoms with E-state index in [4.69, 9.17) is 0 Å². The van der Waals surface area contributed by atoms with E-state index in [9.17, 15) is 13.2 Å². The monoisotopic (exact) mass is 395 g/mol. The number of aryl methyl sites for hydroxylation is 3. The average molecular weight is 395 g/mol. The predicted octanol–water partition coefficient (Wildman–Crippen LogP) is 6.09. The molecule has 0 fully saturated rings. The van der Waals surface area contributed by atoms with Crippen molar-refractivity contribution in [3.05, 3.63) is 82.5 Å². The van der Waals surface area contributed by atoms with Crippen LogP contribution in [0.2, 0.25) is 0 Å². The van der Waals surface area contributed by atoms with Crippen LogP contribution in [0, 0.1) is 20.8 Å². The highest BCUT2D eigenvalue weighted by molar-refractivity contribution is 5.86. The fraction of sp³-hybridized carbons (Fsp3) is 0.217. The Morgan fingerprint density at radius 2 is 1.62 bits per heavy atom. The van der Waals surface area contributed by atoms with Gasteiger partial charge in [0.05, 0.1) is 28.9 Å². The SMILES string of the molecule is Cc1ccc(-c2cc(C(F)(F)F)c3c(C)nn(Cc4ccccc4)c3n2)cc1C. The van der Waals surface area contributed by atoms with Crippen LogP contribution in [0.25, 0.3) is 22.3 Å². The summed E-state index contributed by atoms with van der Waals surface area (Å²) in [7, 11) is 0. The van der Waals surface area contributed by atoms with Crippen LogP contribution in [0.3, 0.4) is 0 Å². The van der Waals surface area contributed by atoms with Gasteiger partial charge in [0.15, 0.2) is 5.65 Å². The van der Waals surface area contributed by atoms with Crippen LogP contribution in [0.15, 0.2) is 54.6 Å². The average Bonchev–Trinajstić information content (AvgIpc) is 2.99. The Morgan fingerprint density at radius 1 is 0.897 bits per heavy atom. The summed E-state index contributed by atoms with van der Waals surface area (Å²) in [4.78, 5) is 4.61. The van der Waals surface area contributed by atoms with Crippen LogP contribution < -0.4 is 0 Å². The smallest absolute Gasteiger partial charge is 0.243 e. The maximum absolute atomic E-state index is 13.9. The van der Waals surface area contributed by atoms with E-state index in [1.54, 1.807) is 17.7 Å². The summed E-state index contributed by atoms with van der Waals surface area (Å²) in [6.45, 7) is 5.85. The molecule has 0 bridgehead atoms. The fourth-order valence-corrected chi connectivity index (χ4v) is 3.49. The molecule has 0 N–H and O–H groups in total. The number of hydrogen-bond acceptors (Lipinski definition) is 2. The van der Waals surface area contributed by atoms with Gasteiger partial charge in [-0.05, 0) is 49.6 Å². The third-order valence-electron chi connectivity index (χ3n) is 5.16. The lowest BCUT2D eigenvalue weighted by Crippen LogP contribution is -2.08. The first-order chi connectivity index (χ1) is 13.7. The number of aromatic nitrogens is 3. The lowest BCUT2D eigenvalue weighted by molar-refractivity contribution is -0.136. The molecule has 4 rings (SSSR count). The fourth-order valence-electron chi connectivity index (χ4n) is 3.49. The van der Waals surface area contributed by atoms with E-state index in [0.717, 1.165) is 22.8 Å². The normalized spacial score (nSPS) is 11.9. The molecule has 6 heteroatoms. The Labute approximate surface area is 166 Å². The lowest BCUT2D eigenvalue weighted by Gasteiger charge is -2.12. The van der Waals surface area contributed by atoms with Crippen LogP contribution in [0.5, 0.6) is 0 Å². The molecule has 0 aliphatic carbocycles. The first kappa shape index (κ1) is 19.2. The third-order valence-corrected chi connectivity index (χ3v) is 5.16. The molecule has 0 aliphatic heterocycles. The molecule has 0 radical (unpaired) electrons. The van der Waals surface area contributed by atoms with Gasteiger partial charge in [0.25, 0.3) is 0 Å². The van der Waals surface area contributed by atoms with Gasteiger partial charge in [0.1, 0.15) is 0 Å². The molecule has 0 unspecified atom stereocenters. The Bertz CT molecular complexity index is 1190. The number of alkyl halides is 3. The number of fused-ring (bicyclic) bond motifs is 1. The zero-order chi connectivity index (χ0) is 20.8. The van der Waals surface area contributed by atoms with Gasteiger partial charge in [-0.25, -0.2) is 9.67 Å². The van der Waals surface area contributed by atoms with E-state index in [1.165, 1.54) is 0 Å². The number of nitrogens with zero attached hydrogens (tertiary/aromatic N) is 3. The van der Waals surface area contributed by atoms with Crippen molar-refractivity contribution >= 4 is 11.0 Å². The van der Waals surface area contributed by atoms with Crippen molar-refractivity contribution in [3.8, 4) is 11.3 Å². The molecule has 0 saturated carbocycles. The van der Waals surface area contributed by atoms with Gasteiger partial charge in [-0.1, -0.05) is 42.5 Å². The summed E-state index contributed by atoms with van der Waals surface area (Å²) in [5.74, 6) is 0. The maximum Gasteiger partial charge on any atom is 0.417 e. The Morgan fingerprint density at radius 3 is 2.28 bits per heavy atom. The quantitative estimate of drug-likeness (QED) is 0.420. The summed E-state index contributed by atoms with van der Waals surface area (Å²) >= 11 is 0. The minimum absolute atomic E-state index is 0.0565. The molecule has 0 spiro atoms. The first-order valence-corrected chi connectivity index (χ1v) is 9.31. The van der Waals surface area contributed by atoms with Crippen molar-refractivity contribution in [2.75, 3.05) is 0 Å². The minimum Gasteiger partial charge on any atom is -0.243 e. The molecule has 3 nitrogen and oxygen atoms in total. The molecule has 2 aromatic heterocycles. The topological polar surface area (TPSA) is 30.7 Å². The largest absolute Gasteiger partial charge is 0.417 e. The van der Waals surface area contributed by atoms with Crippen molar-refractivity contribution < 1.29 is 13.2 Å². The van der Waals surface area contributed by atoms with E-state index in [1.807, 2.05) is 56.3 Å². The highest BCUT2D eigenvalue weighted by atomic mass is 19.4. The molecule has 0 amide bonds. The Kier molecular flexibility index (Phi) is 4.65. The second-order valence-corrected chi connectivity index (χ2v) is 7.28. The van der Waals surface area contributed by atoms with Gasteiger partial charge in [0.2, 0.25) is 0 Å². The third kappa shape index (κ3) is 3.62. The molecule has 0 atom stereocenters. The lowest BCUT2D eigenvalue weighted by atomic mass is 10.0. The van der Waals surface area contributed by atoms with Crippen LogP contribution in [0.4, 0.5) is 13.2 Å². The second kappa shape index (κ2) is 7.03. The van der Waals surface area contributed by atoms with Crippen molar-refractivity contribution in [2.45, 2.75) is 33.5 Å². The van der Waals surface area contributed by atoms with Crippen molar-refractivity contribution in [1.82, 2.24) is 14.8 Å². The standard InChI is InChI=1S/C23H20F3N3/c1-14-9-10-18(11-15(14)2)20-12-19(23(24,25)26)21-16(3)28-29(22(21)27-20)13-17-7-5-4-6-8-17/h4-12H,13H2,1-3H3. The molecular formula is C23H20F3N3. The summed E-state index contributed by atoms with van der Waals surface area (Å²) in [6.07, 6.45) is -4.50. The number of halogens is 3. The van der Waals surface area contributed by atoms with E-state index >= 15 is 0 Å². The van der Waals surface area contributed by atoms with E-state index < -0.39 is 11.7 Å². The molecule has 2 aromatic carbocycles. The van der Waals surface area contributed by atoms with Crippen molar-refractivity contribution in [3.63, 3.8) is 0 Å². The second-order valence-electron chi connectivity index (χ2n) is 7.28. The van der Waals surface area contributed by atoms with E-state index in [0.29, 0.717) is 23.5 Å². The van der Waals surface area contributed by atoms with Crippen LogP contribution in [-0.2, 0) is 12.7 Å². The molecule has 4 aromatic rings. The van der Waals surface area contributed by atoms with Gasteiger partial charge >= 0.3 is 6.18 Å². The van der Waals surface area contributed by atoms with Gasteiger partial charge < -0.3 is 0 Å². The highest BCUT2D eigenvalue weighted by Crippen LogP contribution is 2.38. The van der Waals surface area contributed by atoms with Crippen molar-refractivity contribution in [2.24, 2.45) is 0 Å². The molecule has 2 heterocycles. The summed E-state index contributed by atoms with van der Waals surface area (Å²) in [5.41, 5.74) is 3.85. The molecule has 148 valence electrons. The first-order valence-electron chi connectivity index (χ1n) is 9.31. The van der Waals surface area contributed by atoms with Crippen LogP contribution in [0.1, 0.15) is 27.9 Å². The van der Waals surface area contributed by atoms with Gasteiger partial charge in [-0.15, -0.1) is 0 Å². The van der Waals surface area contributed by atoms with Gasteiger partial charge in [-0.2, -0.15) is 18.3 Å². The number of hydrogen-bond donors (Lipinski definition) is 0. The van der Waals surface area contributed by atoms with E-state index in [-0.39, 0.29) is 11.0 Å². The Balaban J connectivity index is 1.96. The van der Waals surface area contributed by atoms with Crippen LogP contribution >= 0.6 is 0 Å². The zero-order valence-corrected chi connectivity index (χ0v) is 16.4. The summed E-state index contributed by atoms with van der Waals surface area (Å²) in [6, 6.07) is 16.2. The Hall–Kier alpha value is -3.15.